The second-order valence-electron chi connectivity index (χ2n) is 2.89. The van der Waals surface area contributed by atoms with E-state index in [9.17, 15) is 14.9 Å². The zero-order valence-electron chi connectivity index (χ0n) is 6.56. The molecule has 13 heavy (non-hydrogen) atoms. The number of nitrogens with zero attached hydrogens (tertiary/aromatic N) is 1. The van der Waals surface area contributed by atoms with Crippen LogP contribution in [0.2, 0.25) is 0 Å². The smallest absolute Gasteiger partial charge is 0.266 e. The summed E-state index contributed by atoms with van der Waals surface area (Å²) in [6, 6.07) is -0.294. The summed E-state index contributed by atoms with van der Waals surface area (Å²) in [4.78, 5) is 21.0. The second-order valence-corrected chi connectivity index (χ2v) is 2.89. The summed E-state index contributed by atoms with van der Waals surface area (Å²) in [6.45, 7) is 0. The van der Waals surface area contributed by atoms with Gasteiger partial charge in [-0.15, -0.1) is 0 Å². The van der Waals surface area contributed by atoms with Gasteiger partial charge < -0.3 is 0 Å². The summed E-state index contributed by atoms with van der Waals surface area (Å²) in [6.07, 6.45) is 4.33. The van der Waals surface area contributed by atoms with Gasteiger partial charge in [0, 0.05) is 12.2 Å². The van der Waals surface area contributed by atoms with Gasteiger partial charge in [-0.1, -0.05) is 6.08 Å². The maximum atomic E-state index is 11.1. The van der Waals surface area contributed by atoms with E-state index >= 15 is 0 Å². The fourth-order valence-corrected chi connectivity index (χ4v) is 1.41. The van der Waals surface area contributed by atoms with E-state index in [0.29, 0.717) is 0 Å². The number of hydrazine groups is 1. The summed E-state index contributed by atoms with van der Waals surface area (Å²) in [5, 5.41) is 10.4. The molecule has 6 heteroatoms. The van der Waals surface area contributed by atoms with Gasteiger partial charge in [-0.2, -0.15) is 0 Å². The second kappa shape index (κ2) is 2.67. The highest BCUT2D eigenvalue weighted by atomic mass is 16.6. The van der Waals surface area contributed by atoms with E-state index in [0.717, 1.165) is 0 Å². The summed E-state index contributed by atoms with van der Waals surface area (Å²) >= 11 is 0. The van der Waals surface area contributed by atoms with E-state index < -0.39 is 4.92 Å². The van der Waals surface area contributed by atoms with Gasteiger partial charge >= 0.3 is 0 Å². The Morgan fingerprint density at radius 1 is 1.54 bits per heavy atom. The number of nitro groups is 1. The Kier molecular flexibility index (Phi) is 1.63. The van der Waals surface area contributed by atoms with Crippen molar-refractivity contribution in [2.45, 2.75) is 6.04 Å². The number of hydrogen-bond acceptors (Lipinski definition) is 4. The zero-order chi connectivity index (χ0) is 9.42. The minimum atomic E-state index is -0.475. The Balaban J connectivity index is 2.25. The molecule has 1 saturated heterocycles. The Labute approximate surface area is 73.4 Å². The molecule has 0 aromatic rings. The SMILES string of the molecule is O=C1NNC2C=C([N+](=O)[O-])C=CC12. The van der Waals surface area contributed by atoms with Gasteiger partial charge in [0.15, 0.2) is 0 Å². The Morgan fingerprint density at radius 2 is 2.31 bits per heavy atom. The summed E-state index contributed by atoms with van der Waals surface area (Å²) < 4.78 is 0. The van der Waals surface area contributed by atoms with Crippen molar-refractivity contribution in [1.82, 2.24) is 10.9 Å². The highest BCUT2D eigenvalue weighted by Crippen LogP contribution is 2.20. The Bertz CT molecular complexity index is 334. The molecular formula is C7H7N3O3. The van der Waals surface area contributed by atoms with Crippen LogP contribution in [-0.2, 0) is 4.79 Å². The summed E-state index contributed by atoms with van der Waals surface area (Å²) in [7, 11) is 0. The molecule has 1 amide bonds. The Morgan fingerprint density at radius 3 is 3.00 bits per heavy atom. The minimum absolute atomic E-state index is 0.0188. The third-order valence-corrected chi connectivity index (χ3v) is 2.09. The topological polar surface area (TPSA) is 84.3 Å². The third kappa shape index (κ3) is 1.20. The molecule has 0 bridgehead atoms. The van der Waals surface area contributed by atoms with E-state index in [1.165, 1.54) is 18.2 Å². The number of carbonyl (C=O) groups excluding carboxylic acids is 1. The number of nitrogens with one attached hydrogen (secondary N) is 2. The molecule has 2 rings (SSSR count). The van der Waals surface area contributed by atoms with Crippen molar-refractivity contribution in [2.75, 3.05) is 0 Å². The minimum Gasteiger partial charge on any atom is -0.290 e. The van der Waals surface area contributed by atoms with Crippen molar-refractivity contribution >= 4 is 5.91 Å². The van der Waals surface area contributed by atoms with E-state index in [-0.39, 0.29) is 23.6 Å². The predicted molar refractivity (Wildman–Crippen MR) is 42.8 cm³/mol. The quantitative estimate of drug-likeness (QED) is 0.415. The van der Waals surface area contributed by atoms with Crippen LogP contribution in [0.3, 0.4) is 0 Å². The standard InChI is InChI=1S/C7H7N3O3/c11-7-5-2-1-4(10(12)13)3-6(5)8-9-7/h1-3,5-6,8H,(H,9,11). The normalized spacial score (nSPS) is 30.8. The lowest BCUT2D eigenvalue weighted by Gasteiger charge is -2.11. The van der Waals surface area contributed by atoms with Gasteiger partial charge in [-0.25, -0.2) is 5.43 Å². The molecule has 1 fully saturated rings. The van der Waals surface area contributed by atoms with Crippen molar-refractivity contribution < 1.29 is 9.72 Å². The van der Waals surface area contributed by atoms with Crippen LogP contribution in [-0.4, -0.2) is 16.9 Å². The van der Waals surface area contributed by atoms with Crippen molar-refractivity contribution in [1.29, 1.82) is 0 Å². The van der Waals surface area contributed by atoms with Gasteiger partial charge in [-0.05, 0) is 0 Å². The monoisotopic (exact) mass is 181 g/mol. The number of carbonyl (C=O) groups is 1. The lowest BCUT2D eigenvalue weighted by atomic mass is 9.95. The maximum Gasteiger partial charge on any atom is 0.266 e. The van der Waals surface area contributed by atoms with Crippen LogP contribution in [0.25, 0.3) is 0 Å². The first-order valence-electron chi connectivity index (χ1n) is 3.78. The fraction of sp³-hybridized carbons (Fsp3) is 0.286. The lowest BCUT2D eigenvalue weighted by molar-refractivity contribution is -0.419. The predicted octanol–water partition coefficient (Wildman–Crippen LogP) is -0.664. The highest BCUT2D eigenvalue weighted by Gasteiger charge is 2.35. The molecule has 1 aliphatic carbocycles. The van der Waals surface area contributed by atoms with Gasteiger partial charge in [-0.3, -0.25) is 20.3 Å². The van der Waals surface area contributed by atoms with Crippen LogP contribution >= 0.6 is 0 Å². The Hall–Kier alpha value is -1.69. The zero-order valence-corrected chi connectivity index (χ0v) is 6.56. The van der Waals surface area contributed by atoms with Crippen molar-refractivity contribution in [3.05, 3.63) is 34.0 Å². The number of amides is 1. The number of fused-ring (bicyclic) bond motifs is 1. The van der Waals surface area contributed by atoms with Crippen LogP contribution in [0, 0.1) is 16.0 Å². The number of rotatable bonds is 1. The molecule has 68 valence electrons. The first-order chi connectivity index (χ1) is 6.18. The third-order valence-electron chi connectivity index (χ3n) is 2.09. The van der Waals surface area contributed by atoms with Gasteiger partial charge in [0.25, 0.3) is 5.70 Å². The first kappa shape index (κ1) is 7.93. The number of allylic oxidation sites excluding steroid dienone is 1. The molecular weight excluding hydrogens is 174 g/mol. The average Bonchev–Trinajstić information content (AvgIpc) is 2.47. The maximum absolute atomic E-state index is 11.1. The van der Waals surface area contributed by atoms with Crippen molar-refractivity contribution in [3.8, 4) is 0 Å². The molecule has 0 radical (unpaired) electrons. The average molecular weight is 181 g/mol. The first-order valence-corrected chi connectivity index (χ1v) is 3.78. The van der Waals surface area contributed by atoms with Crippen molar-refractivity contribution in [3.63, 3.8) is 0 Å². The van der Waals surface area contributed by atoms with Gasteiger partial charge in [0.2, 0.25) is 5.91 Å². The molecule has 2 unspecified atom stereocenters. The summed E-state index contributed by atoms with van der Waals surface area (Å²) in [5.41, 5.74) is 5.09. The molecule has 1 heterocycles. The molecule has 0 aromatic heterocycles. The molecule has 6 nitrogen and oxygen atoms in total. The largest absolute Gasteiger partial charge is 0.290 e. The fourth-order valence-electron chi connectivity index (χ4n) is 1.41. The number of hydrogen-bond donors (Lipinski definition) is 2. The van der Waals surface area contributed by atoms with Crippen LogP contribution in [0.15, 0.2) is 23.9 Å². The van der Waals surface area contributed by atoms with Crippen LogP contribution in [0.5, 0.6) is 0 Å². The van der Waals surface area contributed by atoms with E-state index in [4.69, 9.17) is 0 Å². The molecule has 0 aromatic carbocycles. The van der Waals surface area contributed by atoms with Crippen molar-refractivity contribution in [2.24, 2.45) is 5.92 Å². The van der Waals surface area contributed by atoms with E-state index in [1.807, 2.05) is 0 Å². The molecule has 2 atom stereocenters. The van der Waals surface area contributed by atoms with Gasteiger partial charge in [0.05, 0.1) is 16.9 Å². The summed E-state index contributed by atoms with van der Waals surface area (Å²) in [5.74, 6) is -0.469. The molecule has 0 spiro atoms. The van der Waals surface area contributed by atoms with Crippen LogP contribution in [0.1, 0.15) is 0 Å². The van der Waals surface area contributed by atoms with Crippen LogP contribution in [0.4, 0.5) is 0 Å². The lowest BCUT2D eigenvalue weighted by Crippen LogP contribution is -2.31. The van der Waals surface area contributed by atoms with E-state index in [2.05, 4.69) is 10.9 Å². The molecule has 0 saturated carbocycles. The molecule has 1 aliphatic heterocycles. The highest BCUT2D eigenvalue weighted by molar-refractivity contribution is 5.83. The van der Waals surface area contributed by atoms with Gasteiger partial charge in [0.1, 0.15) is 0 Å². The van der Waals surface area contributed by atoms with Crippen LogP contribution < -0.4 is 10.9 Å². The molecule has 2 aliphatic rings. The molecule has 2 N–H and O–H groups in total. The van der Waals surface area contributed by atoms with E-state index in [1.54, 1.807) is 0 Å².